The van der Waals surface area contributed by atoms with Crippen LogP contribution in [0, 0.1) is 0 Å². The van der Waals surface area contributed by atoms with E-state index in [-0.39, 0.29) is 10.8 Å². The number of nitrogens with one attached hydrogen (secondary N) is 1. The van der Waals surface area contributed by atoms with Gasteiger partial charge in [-0.3, -0.25) is 4.79 Å². The number of morpholine rings is 1. The van der Waals surface area contributed by atoms with Gasteiger partial charge in [-0.05, 0) is 25.1 Å². The van der Waals surface area contributed by atoms with Gasteiger partial charge in [0.25, 0.3) is 0 Å². The van der Waals surface area contributed by atoms with Crippen molar-refractivity contribution >= 4 is 21.6 Å². The van der Waals surface area contributed by atoms with Crippen LogP contribution >= 0.6 is 0 Å². The minimum Gasteiger partial charge on any atom is -0.379 e. The Morgan fingerprint density at radius 1 is 1.38 bits per heavy atom. The maximum absolute atomic E-state index is 12.5. The Morgan fingerprint density at radius 2 is 2.05 bits per heavy atom. The third-order valence-corrected chi connectivity index (χ3v) is 5.02. The number of anilines is 1. The molecule has 0 aliphatic carbocycles. The normalized spacial score (nSPS) is 18.2. The Labute approximate surface area is 124 Å². The van der Waals surface area contributed by atoms with Gasteiger partial charge in [-0.15, -0.1) is 0 Å². The van der Waals surface area contributed by atoms with E-state index in [0.717, 1.165) is 0 Å². The van der Waals surface area contributed by atoms with E-state index in [2.05, 4.69) is 5.32 Å². The second kappa shape index (κ2) is 6.52. The number of carbonyl (C=O) groups excluding carboxylic acids is 1. The number of hydrogen-bond acceptors (Lipinski definition) is 5. The van der Waals surface area contributed by atoms with Crippen LogP contribution < -0.4 is 11.1 Å². The van der Waals surface area contributed by atoms with Gasteiger partial charge in [0.1, 0.15) is 0 Å². The van der Waals surface area contributed by atoms with Crippen molar-refractivity contribution < 1.29 is 17.9 Å². The molecule has 1 fully saturated rings. The zero-order valence-corrected chi connectivity index (χ0v) is 12.6. The number of sulfonamides is 1. The smallest absolute Gasteiger partial charge is 0.243 e. The van der Waals surface area contributed by atoms with Gasteiger partial charge in [0.15, 0.2) is 0 Å². The Morgan fingerprint density at radius 3 is 2.67 bits per heavy atom. The van der Waals surface area contributed by atoms with E-state index in [1.165, 1.54) is 16.4 Å². The molecule has 1 aliphatic heterocycles. The van der Waals surface area contributed by atoms with E-state index >= 15 is 0 Å². The molecule has 0 spiro atoms. The Hall–Kier alpha value is -1.48. The highest BCUT2D eigenvalue weighted by Gasteiger charge is 2.26. The summed E-state index contributed by atoms with van der Waals surface area (Å²) in [5, 5.41) is 2.59. The molecular formula is C13H19N3O4S. The van der Waals surface area contributed by atoms with Crippen LogP contribution in [-0.2, 0) is 19.6 Å². The van der Waals surface area contributed by atoms with Gasteiger partial charge in [-0.1, -0.05) is 6.07 Å². The first kappa shape index (κ1) is 15.9. The first-order valence-electron chi connectivity index (χ1n) is 6.65. The Balaban J connectivity index is 2.21. The third kappa shape index (κ3) is 3.79. The molecule has 1 aromatic carbocycles. The second-order valence-corrected chi connectivity index (χ2v) is 6.76. The lowest BCUT2D eigenvalue weighted by Gasteiger charge is -2.26. The molecule has 0 bridgehead atoms. The van der Waals surface area contributed by atoms with Crippen molar-refractivity contribution in [3.8, 4) is 0 Å². The summed E-state index contributed by atoms with van der Waals surface area (Å²) in [7, 11) is -3.57. The highest BCUT2D eigenvalue weighted by atomic mass is 32.2. The maximum Gasteiger partial charge on any atom is 0.243 e. The van der Waals surface area contributed by atoms with Gasteiger partial charge >= 0.3 is 0 Å². The summed E-state index contributed by atoms with van der Waals surface area (Å²) in [6, 6.07) is 5.49. The lowest BCUT2D eigenvalue weighted by atomic mass is 10.3. The summed E-state index contributed by atoms with van der Waals surface area (Å²) in [5.41, 5.74) is 5.88. The van der Waals surface area contributed by atoms with Crippen LogP contribution in [0.3, 0.4) is 0 Å². The van der Waals surface area contributed by atoms with Gasteiger partial charge in [0.2, 0.25) is 15.9 Å². The first-order chi connectivity index (χ1) is 9.91. The van der Waals surface area contributed by atoms with Crippen LogP contribution in [0.25, 0.3) is 0 Å². The zero-order chi connectivity index (χ0) is 15.5. The minimum atomic E-state index is -3.57. The standard InChI is InChI=1S/C13H19N3O4S/c1-10(14)13(17)15-11-3-2-4-12(9-11)21(18,19)16-5-7-20-8-6-16/h2-4,9-10H,5-8,14H2,1H3,(H,15,17). The third-order valence-electron chi connectivity index (χ3n) is 3.12. The average Bonchev–Trinajstić information content (AvgIpc) is 2.48. The Bertz CT molecular complexity index is 610. The molecule has 116 valence electrons. The predicted molar refractivity (Wildman–Crippen MR) is 78.3 cm³/mol. The molecule has 0 aromatic heterocycles. The fourth-order valence-electron chi connectivity index (χ4n) is 1.93. The van der Waals surface area contributed by atoms with Crippen LogP contribution in [0.2, 0.25) is 0 Å². The molecule has 0 saturated carbocycles. The fraction of sp³-hybridized carbons (Fsp3) is 0.462. The number of benzene rings is 1. The van der Waals surface area contributed by atoms with Crippen molar-refractivity contribution in [3.05, 3.63) is 24.3 Å². The van der Waals surface area contributed by atoms with Crippen LogP contribution in [0.4, 0.5) is 5.69 Å². The summed E-state index contributed by atoms with van der Waals surface area (Å²) in [6.07, 6.45) is 0. The quantitative estimate of drug-likeness (QED) is 0.814. The molecule has 8 heteroatoms. The summed E-state index contributed by atoms with van der Waals surface area (Å²) in [6.45, 7) is 3.00. The molecule has 21 heavy (non-hydrogen) atoms. The molecular weight excluding hydrogens is 294 g/mol. The molecule has 0 radical (unpaired) electrons. The van der Waals surface area contributed by atoms with Crippen molar-refractivity contribution in [1.82, 2.24) is 4.31 Å². The van der Waals surface area contributed by atoms with E-state index in [1.54, 1.807) is 19.1 Å². The minimum absolute atomic E-state index is 0.145. The summed E-state index contributed by atoms with van der Waals surface area (Å²) in [4.78, 5) is 11.7. The van der Waals surface area contributed by atoms with Gasteiger partial charge in [0.05, 0.1) is 24.2 Å². The average molecular weight is 313 g/mol. The van der Waals surface area contributed by atoms with E-state index in [4.69, 9.17) is 10.5 Å². The molecule has 1 unspecified atom stereocenters. The number of rotatable bonds is 4. The lowest BCUT2D eigenvalue weighted by molar-refractivity contribution is -0.117. The van der Waals surface area contributed by atoms with Crippen molar-refractivity contribution in [3.63, 3.8) is 0 Å². The van der Waals surface area contributed by atoms with Gasteiger partial charge < -0.3 is 15.8 Å². The van der Waals surface area contributed by atoms with E-state index in [1.807, 2.05) is 0 Å². The number of hydrogen-bond donors (Lipinski definition) is 2. The number of nitrogens with zero attached hydrogens (tertiary/aromatic N) is 1. The number of nitrogens with two attached hydrogens (primary N) is 1. The molecule has 1 aromatic rings. The fourth-order valence-corrected chi connectivity index (χ4v) is 3.38. The monoisotopic (exact) mass is 313 g/mol. The Kier molecular flexibility index (Phi) is 4.94. The molecule has 1 amide bonds. The molecule has 1 saturated heterocycles. The lowest BCUT2D eigenvalue weighted by Crippen LogP contribution is -2.40. The van der Waals surface area contributed by atoms with Crippen LogP contribution in [0.15, 0.2) is 29.2 Å². The molecule has 1 heterocycles. The van der Waals surface area contributed by atoms with Crippen molar-refractivity contribution in [2.24, 2.45) is 5.73 Å². The largest absolute Gasteiger partial charge is 0.379 e. The predicted octanol–water partition coefficient (Wildman–Crippen LogP) is -0.00680. The van der Waals surface area contributed by atoms with E-state index in [9.17, 15) is 13.2 Å². The molecule has 1 atom stereocenters. The zero-order valence-electron chi connectivity index (χ0n) is 11.8. The van der Waals surface area contributed by atoms with E-state index in [0.29, 0.717) is 32.0 Å². The number of amides is 1. The van der Waals surface area contributed by atoms with Crippen molar-refractivity contribution in [2.45, 2.75) is 17.9 Å². The number of ether oxygens (including phenoxy) is 1. The topological polar surface area (TPSA) is 102 Å². The molecule has 2 rings (SSSR count). The highest BCUT2D eigenvalue weighted by Crippen LogP contribution is 2.20. The SMILES string of the molecule is CC(N)C(=O)Nc1cccc(S(=O)(=O)N2CCOCC2)c1. The van der Waals surface area contributed by atoms with Crippen molar-refractivity contribution in [1.29, 1.82) is 0 Å². The van der Waals surface area contributed by atoms with Gasteiger partial charge in [0, 0.05) is 18.8 Å². The highest BCUT2D eigenvalue weighted by molar-refractivity contribution is 7.89. The molecule has 1 aliphatic rings. The van der Waals surface area contributed by atoms with Gasteiger partial charge in [-0.2, -0.15) is 4.31 Å². The molecule has 3 N–H and O–H groups in total. The maximum atomic E-state index is 12.5. The van der Waals surface area contributed by atoms with Crippen LogP contribution in [0.5, 0.6) is 0 Å². The van der Waals surface area contributed by atoms with Gasteiger partial charge in [-0.25, -0.2) is 8.42 Å². The summed E-state index contributed by atoms with van der Waals surface area (Å²) < 4.78 is 31.5. The number of carbonyl (C=O) groups is 1. The van der Waals surface area contributed by atoms with E-state index < -0.39 is 16.1 Å². The van der Waals surface area contributed by atoms with Crippen molar-refractivity contribution in [2.75, 3.05) is 31.6 Å². The summed E-state index contributed by atoms with van der Waals surface area (Å²) in [5.74, 6) is -0.365. The first-order valence-corrected chi connectivity index (χ1v) is 8.09. The second-order valence-electron chi connectivity index (χ2n) is 4.82. The van der Waals surface area contributed by atoms with Crippen LogP contribution in [-0.4, -0.2) is 51.0 Å². The van der Waals surface area contributed by atoms with Crippen LogP contribution in [0.1, 0.15) is 6.92 Å². The molecule has 7 nitrogen and oxygen atoms in total. The summed E-state index contributed by atoms with van der Waals surface area (Å²) >= 11 is 0.